The van der Waals surface area contributed by atoms with E-state index >= 15 is 0 Å². The number of esters is 1. The molecule has 0 spiro atoms. The van der Waals surface area contributed by atoms with Gasteiger partial charge in [0.15, 0.2) is 6.10 Å². The van der Waals surface area contributed by atoms with Gasteiger partial charge in [-0.05, 0) is 48.2 Å². The van der Waals surface area contributed by atoms with Gasteiger partial charge in [-0.2, -0.15) is 0 Å². The fraction of sp³-hybridized carbons (Fsp3) is 0.217. The second-order valence-corrected chi connectivity index (χ2v) is 6.75. The van der Waals surface area contributed by atoms with Crippen LogP contribution in [0.5, 0.6) is 0 Å². The van der Waals surface area contributed by atoms with Crippen LogP contribution in [0.15, 0.2) is 60.7 Å². The van der Waals surface area contributed by atoms with Crippen molar-refractivity contribution in [3.8, 4) is 0 Å². The van der Waals surface area contributed by atoms with Crippen molar-refractivity contribution in [3.05, 3.63) is 77.4 Å². The Morgan fingerprint density at radius 3 is 2.30 bits per heavy atom. The number of nitrogens with one attached hydrogen (secondary N) is 1. The van der Waals surface area contributed by atoms with Crippen molar-refractivity contribution in [2.24, 2.45) is 0 Å². The number of amides is 1. The number of rotatable bonds is 5. The molecule has 27 heavy (non-hydrogen) atoms. The van der Waals surface area contributed by atoms with Crippen LogP contribution in [0.1, 0.15) is 23.6 Å². The summed E-state index contributed by atoms with van der Waals surface area (Å²) in [6, 6.07) is 19.6. The first kappa shape index (κ1) is 18.6. The Labute approximate surface area is 159 Å². The number of aryl methyl sites for hydroxylation is 2. The zero-order valence-electron chi connectivity index (χ0n) is 15.8. The van der Waals surface area contributed by atoms with Crippen LogP contribution in [0.25, 0.3) is 10.8 Å². The third-order valence-corrected chi connectivity index (χ3v) is 4.57. The third-order valence-electron chi connectivity index (χ3n) is 4.57. The van der Waals surface area contributed by atoms with E-state index in [9.17, 15) is 9.59 Å². The first-order valence-corrected chi connectivity index (χ1v) is 8.98. The first-order chi connectivity index (χ1) is 12.9. The number of carbonyl (C=O) groups is 2. The Morgan fingerprint density at radius 2 is 1.59 bits per heavy atom. The quantitative estimate of drug-likeness (QED) is 0.677. The molecule has 3 aromatic rings. The summed E-state index contributed by atoms with van der Waals surface area (Å²) in [5.41, 5.74) is 3.57. The van der Waals surface area contributed by atoms with E-state index < -0.39 is 12.1 Å². The molecule has 1 N–H and O–H groups in total. The van der Waals surface area contributed by atoms with Crippen LogP contribution in [-0.2, 0) is 20.7 Å². The van der Waals surface area contributed by atoms with E-state index in [4.69, 9.17) is 4.74 Å². The number of para-hydroxylation sites is 1. The minimum absolute atomic E-state index is 0.131. The molecule has 0 saturated heterocycles. The summed E-state index contributed by atoms with van der Waals surface area (Å²) in [5, 5.41) is 5.05. The van der Waals surface area contributed by atoms with Crippen molar-refractivity contribution in [3.63, 3.8) is 0 Å². The van der Waals surface area contributed by atoms with Crippen LogP contribution in [0.3, 0.4) is 0 Å². The maximum atomic E-state index is 12.4. The van der Waals surface area contributed by atoms with Crippen LogP contribution in [-0.4, -0.2) is 18.0 Å². The van der Waals surface area contributed by atoms with Gasteiger partial charge in [-0.3, -0.25) is 9.59 Å². The lowest BCUT2D eigenvalue weighted by atomic mass is 10.1. The van der Waals surface area contributed by atoms with Crippen LogP contribution < -0.4 is 5.32 Å². The molecule has 3 aromatic carbocycles. The summed E-state index contributed by atoms with van der Waals surface area (Å²) in [6.45, 7) is 5.44. The van der Waals surface area contributed by atoms with Gasteiger partial charge in [0.25, 0.3) is 5.91 Å². The van der Waals surface area contributed by atoms with Crippen molar-refractivity contribution in [2.75, 3.05) is 5.32 Å². The lowest BCUT2D eigenvalue weighted by Crippen LogP contribution is -2.31. The van der Waals surface area contributed by atoms with E-state index in [0.717, 1.165) is 33.2 Å². The number of fused-ring (bicyclic) bond motifs is 1. The van der Waals surface area contributed by atoms with Crippen molar-refractivity contribution in [1.82, 2.24) is 0 Å². The summed E-state index contributed by atoms with van der Waals surface area (Å²) < 4.78 is 5.33. The minimum atomic E-state index is -0.864. The zero-order valence-corrected chi connectivity index (χ0v) is 15.8. The van der Waals surface area contributed by atoms with Gasteiger partial charge < -0.3 is 10.1 Å². The highest BCUT2D eigenvalue weighted by Gasteiger charge is 2.19. The fourth-order valence-electron chi connectivity index (χ4n) is 3.04. The van der Waals surface area contributed by atoms with Crippen LogP contribution in [0, 0.1) is 13.8 Å². The van der Waals surface area contributed by atoms with E-state index in [1.54, 1.807) is 6.92 Å². The van der Waals surface area contributed by atoms with Gasteiger partial charge in [0.2, 0.25) is 0 Å². The lowest BCUT2D eigenvalue weighted by molar-refractivity contribution is -0.152. The predicted molar refractivity (Wildman–Crippen MR) is 108 cm³/mol. The largest absolute Gasteiger partial charge is 0.452 e. The Balaban J connectivity index is 1.61. The molecule has 4 heteroatoms. The fourth-order valence-corrected chi connectivity index (χ4v) is 3.04. The average molecular weight is 361 g/mol. The number of anilines is 1. The zero-order chi connectivity index (χ0) is 19.4. The number of hydrogen-bond donors (Lipinski definition) is 1. The molecular weight excluding hydrogens is 338 g/mol. The van der Waals surface area contributed by atoms with Gasteiger partial charge in [-0.1, -0.05) is 60.7 Å². The molecule has 4 nitrogen and oxygen atoms in total. The second kappa shape index (κ2) is 8.04. The molecular formula is C23H23NO3. The summed E-state index contributed by atoms with van der Waals surface area (Å²) >= 11 is 0. The summed E-state index contributed by atoms with van der Waals surface area (Å²) in [5.74, 6) is -0.756. The molecule has 0 aliphatic heterocycles. The maximum absolute atomic E-state index is 12.4. The molecule has 0 radical (unpaired) electrons. The monoisotopic (exact) mass is 361 g/mol. The Morgan fingerprint density at radius 1 is 0.926 bits per heavy atom. The molecule has 3 rings (SSSR count). The predicted octanol–water partition coefficient (Wildman–Crippen LogP) is 4.57. The van der Waals surface area contributed by atoms with Crippen LogP contribution >= 0.6 is 0 Å². The first-order valence-electron chi connectivity index (χ1n) is 8.98. The molecule has 0 unspecified atom stereocenters. The smallest absolute Gasteiger partial charge is 0.311 e. The third kappa shape index (κ3) is 4.53. The molecule has 1 amide bonds. The average Bonchev–Trinajstić information content (AvgIpc) is 2.64. The Bertz CT molecular complexity index is 974. The second-order valence-electron chi connectivity index (χ2n) is 6.75. The number of carbonyl (C=O) groups excluding carboxylic acids is 2. The van der Waals surface area contributed by atoms with Gasteiger partial charge in [-0.15, -0.1) is 0 Å². The topological polar surface area (TPSA) is 55.4 Å². The normalized spacial score (nSPS) is 11.8. The van der Waals surface area contributed by atoms with Gasteiger partial charge in [-0.25, -0.2) is 0 Å². The standard InChI is InChI=1S/C23H23NO3/c1-15-7-6-8-16(2)22(15)24-23(26)17(3)27-21(25)14-18-11-12-19-9-4-5-10-20(19)13-18/h4-13,17H,14H2,1-3H3,(H,24,26)/t17-/m0/s1. The van der Waals surface area contributed by atoms with Gasteiger partial charge in [0.05, 0.1) is 6.42 Å². The number of hydrogen-bond acceptors (Lipinski definition) is 3. The molecule has 138 valence electrons. The summed E-state index contributed by atoms with van der Waals surface area (Å²) in [4.78, 5) is 24.6. The summed E-state index contributed by atoms with van der Waals surface area (Å²) in [6.07, 6.45) is -0.733. The van der Waals surface area contributed by atoms with E-state index in [2.05, 4.69) is 5.32 Å². The minimum Gasteiger partial charge on any atom is -0.452 e. The van der Waals surface area contributed by atoms with Crippen LogP contribution in [0.2, 0.25) is 0 Å². The van der Waals surface area contributed by atoms with Gasteiger partial charge in [0, 0.05) is 5.69 Å². The highest BCUT2D eigenvalue weighted by Crippen LogP contribution is 2.20. The highest BCUT2D eigenvalue weighted by atomic mass is 16.5. The SMILES string of the molecule is Cc1cccc(C)c1NC(=O)[C@H](C)OC(=O)Cc1ccc2ccccc2c1. The van der Waals surface area contributed by atoms with Crippen molar-refractivity contribution in [2.45, 2.75) is 33.3 Å². The number of benzene rings is 3. The molecule has 0 aromatic heterocycles. The van der Waals surface area contributed by atoms with Gasteiger partial charge >= 0.3 is 5.97 Å². The lowest BCUT2D eigenvalue weighted by Gasteiger charge is -2.16. The molecule has 0 fully saturated rings. The summed E-state index contributed by atoms with van der Waals surface area (Å²) in [7, 11) is 0. The highest BCUT2D eigenvalue weighted by molar-refractivity contribution is 5.96. The molecule has 1 atom stereocenters. The molecule has 0 heterocycles. The van der Waals surface area contributed by atoms with E-state index in [1.165, 1.54) is 0 Å². The molecule has 0 bridgehead atoms. The van der Waals surface area contributed by atoms with Crippen molar-refractivity contribution < 1.29 is 14.3 Å². The van der Waals surface area contributed by atoms with Crippen LogP contribution in [0.4, 0.5) is 5.69 Å². The van der Waals surface area contributed by atoms with Crippen molar-refractivity contribution in [1.29, 1.82) is 0 Å². The van der Waals surface area contributed by atoms with E-state index in [1.807, 2.05) is 74.5 Å². The molecule has 0 aliphatic rings. The van der Waals surface area contributed by atoms with E-state index in [-0.39, 0.29) is 12.3 Å². The van der Waals surface area contributed by atoms with E-state index in [0.29, 0.717) is 0 Å². The molecule has 0 aliphatic carbocycles. The van der Waals surface area contributed by atoms with Crippen molar-refractivity contribution >= 4 is 28.3 Å². The Hall–Kier alpha value is -3.14. The Kier molecular flexibility index (Phi) is 5.55. The number of ether oxygens (including phenoxy) is 1. The maximum Gasteiger partial charge on any atom is 0.311 e. The molecule has 0 saturated carbocycles. The van der Waals surface area contributed by atoms with Gasteiger partial charge in [0.1, 0.15) is 0 Å².